The van der Waals surface area contributed by atoms with Crippen LogP contribution in [-0.2, 0) is 4.79 Å². The van der Waals surface area contributed by atoms with Crippen LogP contribution in [0.3, 0.4) is 0 Å². The fraction of sp³-hybridized carbons (Fsp3) is 0.654. The molecule has 180 valence electrons. The number of amides is 3. The SMILES string of the molecule is CN1C(=N)N[C@](CCC2CCCCC2)(C[C@H]2CCC[C@@H](NC(=O)Nc3ccccc3)C2)C1=O. The van der Waals surface area contributed by atoms with E-state index < -0.39 is 5.54 Å². The lowest BCUT2D eigenvalue weighted by Crippen LogP contribution is -2.50. The molecule has 3 atom stereocenters. The van der Waals surface area contributed by atoms with Crippen molar-refractivity contribution in [2.45, 2.75) is 88.6 Å². The summed E-state index contributed by atoms with van der Waals surface area (Å²) in [5.74, 6) is 1.31. The number of anilines is 1. The summed E-state index contributed by atoms with van der Waals surface area (Å²) in [5.41, 5.74) is 0.119. The van der Waals surface area contributed by atoms with Gasteiger partial charge in [-0.15, -0.1) is 0 Å². The summed E-state index contributed by atoms with van der Waals surface area (Å²) in [4.78, 5) is 27.3. The van der Waals surface area contributed by atoms with Gasteiger partial charge in [0, 0.05) is 18.8 Å². The van der Waals surface area contributed by atoms with E-state index in [1.165, 1.54) is 37.0 Å². The smallest absolute Gasteiger partial charge is 0.319 e. The molecular formula is C26H39N5O2. The molecule has 1 saturated heterocycles. The molecule has 1 heterocycles. The molecule has 0 bridgehead atoms. The molecule has 2 aliphatic carbocycles. The van der Waals surface area contributed by atoms with E-state index in [1.54, 1.807) is 7.05 Å². The van der Waals surface area contributed by atoms with Crippen LogP contribution in [0.2, 0.25) is 0 Å². The van der Waals surface area contributed by atoms with Crippen LogP contribution in [0.15, 0.2) is 30.3 Å². The Bertz CT molecular complexity index is 838. The van der Waals surface area contributed by atoms with E-state index in [0.717, 1.165) is 50.6 Å². The summed E-state index contributed by atoms with van der Waals surface area (Å²) in [6.45, 7) is 0. The largest absolute Gasteiger partial charge is 0.342 e. The van der Waals surface area contributed by atoms with Crippen LogP contribution in [0, 0.1) is 17.2 Å². The lowest BCUT2D eigenvalue weighted by Gasteiger charge is -2.36. The van der Waals surface area contributed by atoms with Crippen molar-refractivity contribution in [2.24, 2.45) is 11.8 Å². The maximum atomic E-state index is 13.3. The van der Waals surface area contributed by atoms with Crippen molar-refractivity contribution in [2.75, 3.05) is 12.4 Å². The van der Waals surface area contributed by atoms with Gasteiger partial charge in [-0.3, -0.25) is 15.1 Å². The third-order valence-corrected chi connectivity index (χ3v) is 7.90. The molecule has 0 radical (unpaired) electrons. The van der Waals surface area contributed by atoms with Crippen LogP contribution in [0.4, 0.5) is 10.5 Å². The van der Waals surface area contributed by atoms with E-state index in [-0.39, 0.29) is 23.9 Å². The Morgan fingerprint density at radius 2 is 1.82 bits per heavy atom. The normalized spacial score (nSPS) is 28.5. The number of nitrogens with one attached hydrogen (secondary N) is 4. The van der Waals surface area contributed by atoms with Crippen LogP contribution in [0.5, 0.6) is 0 Å². The van der Waals surface area contributed by atoms with Crippen LogP contribution >= 0.6 is 0 Å². The Kier molecular flexibility index (Phi) is 7.56. The van der Waals surface area contributed by atoms with Crippen molar-refractivity contribution in [1.29, 1.82) is 5.41 Å². The second-order valence-corrected chi connectivity index (χ2v) is 10.4. The number of hydrogen-bond acceptors (Lipinski definition) is 3. The third-order valence-electron chi connectivity index (χ3n) is 7.90. The summed E-state index contributed by atoms with van der Waals surface area (Å²) in [7, 11) is 1.71. The Morgan fingerprint density at radius 1 is 1.09 bits per heavy atom. The average molecular weight is 454 g/mol. The van der Waals surface area contributed by atoms with Gasteiger partial charge < -0.3 is 16.0 Å². The number of likely N-dealkylation sites (N-methyl/N-ethyl adjacent to an activating group) is 1. The van der Waals surface area contributed by atoms with E-state index in [4.69, 9.17) is 5.41 Å². The average Bonchev–Trinajstić information content (AvgIpc) is 3.03. The van der Waals surface area contributed by atoms with Crippen LogP contribution in [-0.4, -0.2) is 41.4 Å². The molecule has 0 unspecified atom stereocenters. The van der Waals surface area contributed by atoms with Gasteiger partial charge in [0.1, 0.15) is 5.54 Å². The number of carbonyl (C=O) groups excluding carboxylic acids is 2. The van der Waals surface area contributed by atoms with Crippen molar-refractivity contribution in [3.8, 4) is 0 Å². The fourth-order valence-corrected chi connectivity index (χ4v) is 6.10. The van der Waals surface area contributed by atoms with Gasteiger partial charge in [-0.1, -0.05) is 63.1 Å². The molecule has 4 N–H and O–H groups in total. The Labute approximate surface area is 197 Å². The Balaban J connectivity index is 1.36. The number of benzene rings is 1. The maximum Gasteiger partial charge on any atom is 0.319 e. The molecule has 3 fully saturated rings. The van der Waals surface area contributed by atoms with Crippen LogP contribution < -0.4 is 16.0 Å². The number of carbonyl (C=O) groups is 2. The molecule has 7 heteroatoms. The number of hydrogen-bond donors (Lipinski definition) is 4. The van der Waals surface area contributed by atoms with Crippen molar-refractivity contribution in [3.05, 3.63) is 30.3 Å². The number of rotatable bonds is 7. The number of guanidine groups is 1. The molecule has 4 rings (SSSR count). The van der Waals surface area contributed by atoms with Gasteiger partial charge in [0.2, 0.25) is 0 Å². The number of para-hydroxylation sites is 1. The van der Waals surface area contributed by atoms with E-state index in [1.807, 2.05) is 30.3 Å². The molecule has 1 aliphatic heterocycles. The van der Waals surface area contributed by atoms with E-state index in [0.29, 0.717) is 11.8 Å². The number of urea groups is 1. The zero-order valence-electron chi connectivity index (χ0n) is 19.9. The van der Waals surface area contributed by atoms with Crippen molar-refractivity contribution >= 4 is 23.6 Å². The highest BCUT2D eigenvalue weighted by molar-refractivity contribution is 6.07. The van der Waals surface area contributed by atoms with E-state index in [9.17, 15) is 9.59 Å². The highest BCUT2D eigenvalue weighted by Crippen LogP contribution is 2.38. The van der Waals surface area contributed by atoms with Gasteiger partial charge in [0.25, 0.3) is 5.91 Å². The molecule has 2 saturated carbocycles. The molecule has 33 heavy (non-hydrogen) atoms. The molecule has 1 aromatic carbocycles. The quantitative estimate of drug-likeness (QED) is 0.475. The van der Waals surface area contributed by atoms with E-state index in [2.05, 4.69) is 16.0 Å². The lowest BCUT2D eigenvalue weighted by molar-refractivity contribution is -0.131. The van der Waals surface area contributed by atoms with Gasteiger partial charge in [0.05, 0.1) is 0 Å². The second-order valence-electron chi connectivity index (χ2n) is 10.4. The molecule has 0 aromatic heterocycles. The summed E-state index contributed by atoms with van der Waals surface area (Å²) in [6, 6.07) is 9.42. The highest BCUT2D eigenvalue weighted by Gasteiger charge is 2.49. The van der Waals surface area contributed by atoms with Crippen molar-refractivity contribution < 1.29 is 9.59 Å². The molecule has 3 aliphatic rings. The Hall–Kier alpha value is -2.57. The minimum absolute atomic E-state index is 0.0419. The second kappa shape index (κ2) is 10.6. The predicted octanol–water partition coefficient (Wildman–Crippen LogP) is 4.85. The molecule has 7 nitrogen and oxygen atoms in total. The first-order valence-electron chi connectivity index (χ1n) is 12.7. The lowest BCUT2D eigenvalue weighted by atomic mass is 9.74. The van der Waals surface area contributed by atoms with Crippen LogP contribution in [0.25, 0.3) is 0 Å². The summed E-state index contributed by atoms with van der Waals surface area (Å²) < 4.78 is 0. The van der Waals surface area contributed by atoms with Gasteiger partial charge >= 0.3 is 6.03 Å². The van der Waals surface area contributed by atoms with Gasteiger partial charge in [0.15, 0.2) is 5.96 Å². The summed E-state index contributed by atoms with van der Waals surface area (Å²) >= 11 is 0. The predicted molar refractivity (Wildman–Crippen MR) is 131 cm³/mol. The van der Waals surface area contributed by atoms with Crippen molar-refractivity contribution in [1.82, 2.24) is 15.5 Å². The monoisotopic (exact) mass is 453 g/mol. The zero-order chi connectivity index (χ0) is 23.3. The fourth-order valence-electron chi connectivity index (χ4n) is 6.10. The third kappa shape index (κ3) is 5.87. The van der Waals surface area contributed by atoms with Gasteiger partial charge in [-0.2, -0.15) is 0 Å². The standard InChI is InChI=1S/C26H39N5O2/c1-31-23(32)26(30-24(31)27,16-15-19-9-4-2-5-10-19)18-20-11-8-14-22(17-20)29-25(33)28-21-12-6-3-7-13-21/h3,6-7,12-13,19-20,22H,2,4-5,8-11,14-18H2,1H3,(H2,27,30)(H2,28,29,33)/t20-,22+,26+/m0/s1. The molecule has 1 aromatic rings. The molecular weight excluding hydrogens is 414 g/mol. The highest BCUT2D eigenvalue weighted by atomic mass is 16.2. The maximum absolute atomic E-state index is 13.3. The first kappa shape index (κ1) is 23.6. The van der Waals surface area contributed by atoms with Gasteiger partial charge in [-0.05, 0) is 56.1 Å². The minimum Gasteiger partial charge on any atom is -0.342 e. The zero-order valence-corrected chi connectivity index (χ0v) is 19.9. The minimum atomic E-state index is -0.665. The Morgan fingerprint density at radius 3 is 2.52 bits per heavy atom. The molecule has 3 amide bonds. The first-order chi connectivity index (χ1) is 15.9. The van der Waals surface area contributed by atoms with Gasteiger partial charge in [-0.25, -0.2) is 4.79 Å². The number of nitrogens with zero attached hydrogens (tertiary/aromatic N) is 1. The van der Waals surface area contributed by atoms with Crippen LogP contribution in [0.1, 0.15) is 77.0 Å². The summed E-state index contributed by atoms with van der Waals surface area (Å²) in [6.07, 6.45) is 13.0. The topological polar surface area (TPSA) is 97.3 Å². The molecule has 0 spiro atoms. The first-order valence-corrected chi connectivity index (χ1v) is 12.7. The van der Waals surface area contributed by atoms with Crippen molar-refractivity contribution in [3.63, 3.8) is 0 Å². The summed E-state index contributed by atoms with van der Waals surface area (Å²) in [5, 5.41) is 17.6. The van der Waals surface area contributed by atoms with E-state index >= 15 is 0 Å².